The molecule has 0 heterocycles. The zero-order valence-corrected chi connectivity index (χ0v) is 17.5. The van der Waals surface area contributed by atoms with Crippen LogP contribution < -0.4 is 10.7 Å². The number of halogens is 1. The Morgan fingerprint density at radius 1 is 1.00 bits per heavy atom. The van der Waals surface area contributed by atoms with Gasteiger partial charge in [-0.15, -0.1) is 0 Å². The number of carbonyl (C=O) groups excluding carboxylic acids is 2. The number of rotatable bonds is 6. The predicted octanol–water partition coefficient (Wildman–Crippen LogP) is 4.03. The Bertz CT molecular complexity index is 866. The molecule has 29 heavy (non-hydrogen) atoms. The van der Waals surface area contributed by atoms with Crippen molar-refractivity contribution >= 4 is 18.0 Å². The van der Waals surface area contributed by atoms with E-state index in [9.17, 15) is 14.0 Å². The number of benzene rings is 2. The molecule has 6 heteroatoms. The van der Waals surface area contributed by atoms with Crippen molar-refractivity contribution in [1.29, 1.82) is 0 Å². The van der Waals surface area contributed by atoms with Crippen molar-refractivity contribution in [2.75, 3.05) is 0 Å². The average molecular weight is 397 g/mol. The number of carbonyl (C=O) groups is 2. The SMILES string of the molecule is CC(C)C(NC(=O)c1ccc(F)cc1)C(=O)NN=Cc1ccc(C(C)(C)C)cc1. The van der Waals surface area contributed by atoms with E-state index in [1.807, 2.05) is 38.1 Å². The van der Waals surface area contributed by atoms with Crippen LogP contribution in [0.15, 0.2) is 53.6 Å². The molecule has 0 aliphatic rings. The van der Waals surface area contributed by atoms with E-state index in [2.05, 4.69) is 36.6 Å². The minimum absolute atomic E-state index is 0.0666. The number of hydrazone groups is 1. The van der Waals surface area contributed by atoms with Crippen LogP contribution in [-0.4, -0.2) is 24.1 Å². The lowest BCUT2D eigenvalue weighted by Gasteiger charge is -2.20. The minimum Gasteiger partial charge on any atom is -0.340 e. The maximum absolute atomic E-state index is 13.0. The molecule has 2 amide bonds. The third-order valence-corrected chi connectivity index (χ3v) is 4.51. The molecule has 0 aromatic heterocycles. The molecule has 1 atom stereocenters. The summed E-state index contributed by atoms with van der Waals surface area (Å²) < 4.78 is 13.0. The molecule has 2 N–H and O–H groups in total. The molecule has 2 rings (SSSR count). The molecule has 0 saturated carbocycles. The van der Waals surface area contributed by atoms with Crippen molar-refractivity contribution in [2.45, 2.75) is 46.1 Å². The molecule has 0 aliphatic carbocycles. The molecule has 2 aromatic carbocycles. The van der Waals surface area contributed by atoms with Gasteiger partial charge in [0.15, 0.2) is 0 Å². The van der Waals surface area contributed by atoms with E-state index in [-0.39, 0.29) is 16.9 Å². The fourth-order valence-corrected chi connectivity index (χ4v) is 2.67. The van der Waals surface area contributed by atoms with Gasteiger partial charge in [0.2, 0.25) is 0 Å². The van der Waals surface area contributed by atoms with E-state index in [1.54, 1.807) is 6.21 Å². The average Bonchev–Trinajstić information content (AvgIpc) is 2.65. The van der Waals surface area contributed by atoms with Crippen molar-refractivity contribution in [1.82, 2.24) is 10.7 Å². The van der Waals surface area contributed by atoms with Gasteiger partial charge < -0.3 is 5.32 Å². The first-order valence-corrected chi connectivity index (χ1v) is 9.58. The van der Waals surface area contributed by atoms with Gasteiger partial charge in [0.25, 0.3) is 11.8 Å². The molecule has 1 unspecified atom stereocenters. The third kappa shape index (κ3) is 6.52. The van der Waals surface area contributed by atoms with Crippen molar-refractivity contribution in [3.8, 4) is 0 Å². The monoisotopic (exact) mass is 397 g/mol. The molecule has 5 nitrogen and oxygen atoms in total. The molecule has 0 fully saturated rings. The van der Waals surface area contributed by atoms with E-state index < -0.39 is 23.7 Å². The smallest absolute Gasteiger partial charge is 0.262 e. The molecule has 0 bridgehead atoms. The Balaban J connectivity index is 1.99. The Labute approximate surface area is 171 Å². The summed E-state index contributed by atoms with van der Waals surface area (Å²) in [6.45, 7) is 10.1. The van der Waals surface area contributed by atoms with Crippen LogP contribution in [0.2, 0.25) is 0 Å². The lowest BCUT2D eigenvalue weighted by atomic mass is 9.87. The number of nitrogens with zero attached hydrogens (tertiary/aromatic N) is 1. The highest BCUT2D eigenvalue weighted by Crippen LogP contribution is 2.21. The number of amides is 2. The first-order chi connectivity index (χ1) is 13.6. The van der Waals surface area contributed by atoms with Crippen LogP contribution in [0, 0.1) is 11.7 Å². The quantitative estimate of drug-likeness (QED) is 0.571. The van der Waals surface area contributed by atoms with E-state index >= 15 is 0 Å². The van der Waals surface area contributed by atoms with E-state index in [0.29, 0.717) is 0 Å². The second-order valence-electron chi connectivity index (χ2n) is 8.31. The Morgan fingerprint density at radius 3 is 2.10 bits per heavy atom. The van der Waals surface area contributed by atoms with Crippen LogP contribution in [0.25, 0.3) is 0 Å². The topological polar surface area (TPSA) is 70.6 Å². The summed E-state index contributed by atoms with van der Waals surface area (Å²) in [7, 11) is 0. The van der Waals surface area contributed by atoms with Crippen molar-refractivity contribution < 1.29 is 14.0 Å². The second-order valence-corrected chi connectivity index (χ2v) is 8.31. The highest BCUT2D eigenvalue weighted by atomic mass is 19.1. The van der Waals surface area contributed by atoms with Gasteiger partial charge >= 0.3 is 0 Å². The van der Waals surface area contributed by atoms with Crippen LogP contribution >= 0.6 is 0 Å². The van der Waals surface area contributed by atoms with Crippen LogP contribution in [-0.2, 0) is 10.2 Å². The maximum atomic E-state index is 13.0. The molecule has 0 radical (unpaired) electrons. The highest BCUT2D eigenvalue weighted by Gasteiger charge is 2.24. The van der Waals surface area contributed by atoms with Gasteiger partial charge in [0.05, 0.1) is 6.21 Å². The lowest BCUT2D eigenvalue weighted by molar-refractivity contribution is -0.123. The summed E-state index contributed by atoms with van der Waals surface area (Å²) in [6, 6.07) is 12.3. The maximum Gasteiger partial charge on any atom is 0.262 e. The zero-order chi connectivity index (χ0) is 21.6. The first-order valence-electron chi connectivity index (χ1n) is 9.58. The standard InChI is InChI=1S/C23H28FN3O2/c1-15(2)20(26-21(28)17-8-12-19(24)13-9-17)22(29)27-25-14-16-6-10-18(11-7-16)23(3,4)5/h6-15,20H,1-5H3,(H,26,28)(H,27,29). The van der Waals surface area contributed by atoms with Crippen LogP contribution in [0.3, 0.4) is 0 Å². The van der Waals surface area contributed by atoms with Crippen LogP contribution in [0.1, 0.15) is 56.1 Å². The Kier molecular flexibility index (Phi) is 7.26. The summed E-state index contributed by atoms with van der Waals surface area (Å²) in [5.74, 6) is -1.44. The zero-order valence-electron chi connectivity index (χ0n) is 17.5. The largest absolute Gasteiger partial charge is 0.340 e. The van der Waals surface area contributed by atoms with Crippen LogP contribution in [0.4, 0.5) is 4.39 Å². The van der Waals surface area contributed by atoms with Crippen LogP contribution in [0.5, 0.6) is 0 Å². The highest BCUT2D eigenvalue weighted by molar-refractivity contribution is 5.97. The van der Waals surface area contributed by atoms with Crippen molar-refractivity contribution in [3.05, 3.63) is 71.0 Å². The number of nitrogens with one attached hydrogen (secondary N) is 2. The van der Waals surface area contributed by atoms with Gasteiger partial charge in [0.1, 0.15) is 11.9 Å². The van der Waals surface area contributed by atoms with Gasteiger partial charge in [-0.3, -0.25) is 9.59 Å². The third-order valence-electron chi connectivity index (χ3n) is 4.51. The summed E-state index contributed by atoms with van der Waals surface area (Å²) in [5, 5.41) is 6.68. The van der Waals surface area contributed by atoms with Gasteiger partial charge in [-0.1, -0.05) is 58.9 Å². The molecule has 2 aromatic rings. The van der Waals surface area contributed by atoms with Gasteiger partial charge in [-0.25, -0.2) is 9.82 Å². The fourth-order valence-electron chi connectivity index (χ4n) is 2.67. The van der Waals surface area contributed by atoms with E-state index in [0.717, 1.165) is 5.56 Å². The molecule has 0 spiro atoms. The van der Waals surface area contributed by atoms with Crippen molar-refractivity contribution in [2.24, 2.45) is 11.0 Å². The summed E-state index contributed by atoms with van der Waals surface area (Å²) in [4.78, 5) is 24.8. The summed E-state index contributed by atoms with van der Waals surface area (Å²) >= 11 is 0. The molecular weight excluding hydrogens is 369 g/mol. The first kappa shape index (κ1) is 22.3. The van der Waals surface area contributed by atoms with Gasteiger partial charge in [0, 0.05) is 5.56 Å². The molecule has 0 saturated heterocycles. The fraction of sp³-hybridized carbons (Fsp3) is 0.348. The minimum atomic E-state index is -0.770. The predicted molar refractivity (Wildman–Crippen MR) is 113 cm³/mol. The Morgan fingerprint density at radius 2 is 1.59 bits per heavy atom. The molecule has 154 valence electrons. The van der Waals surface area contributed by atoms with Crippen molar-refractivity contribution in [3.63, 3.8) is 0 Å². The summed E-state index contributed by atoms with van der Waals surface area (Å²) in [5.41, 5.74) is 4.90. The van der Waals surface area contributed by atoms with Gasteiger partial charge in [-0.2, -0.15) is 5.10 Å². The normalized spacial score (nSPS) is 12.8. The molecular formula is C23H28FN3O2. The second kappa shape index (κ2) is 9.45. The number of hydrogen-bond donors (Lipinski definition) is 2. The van der Waals surface area contributed by atoms with E-state index in [1.165, 1.54) is 29.8 Å². The summed E-state index contributed by atoms with van der Waals surface area (Å²) in [6.07, 6.45) is 1.56. The Hall–Kier alpha value is -3.02. The lowest BCUT2D eigenvalue weighted by Crippen LogP contribution is -2.48. The van der Waals surface area contributed by atoms with Gasteiger partial charge in [-0.05, 0) is 46.7 Å². The number of hydrogen-bond acceptors (Lipinski definition) is 3. The molecule has 0 aliphatic heterocycles. The van der Waals surface area contributed by atoms with E-state index in [4.69, 9.17) is 0 Å².